The summed E-state index contributed by atoms with van der Waals surface area (Å²) in [6.07, 6.45) is 8.35. The molecular weight excluding hydrogens is 779 g/mol. The number of aromatic amines is 1. The van der Waals surface area contributed by atoms with E-state index in [9.17, 15) is 0 Å². The molecule has 2 aromatic heterocycles. The van der Waals surface area contributed by atoms with E-state index < -0.39 is 0 Å². The number of hydrogen-bond donors (Lipinski definition) is 2. The molecule has 2 aliphatic rings. The van der Waals surface area contributed by atoms with Crippen LogP contribution in [0, 0.1) is 0 Å². The number of benzene rings is 4. The van der Waals surface area contributed by atoms with Gasteiger partial charge in [-0.05, 0) is 61.7 Å². The van der Waals surface area contributed by atoms with Crippen molar-refractivity contribution in [3.05, 3.63) is 118 Å². The van der Waals surface area contributed by atoms with Crippen molar-refractivity contribution in [2.24, 2.45) is 0 Å². The van der Waals surface area contributed by atoms with Crippen LogP contribution in [0.4, 0.5) is 11.4 Å². The highest BCUT2D eigenvalue weighted by atomic mass is 35.5. The molecule has 12 heteroatoms. The van der Waals surface area contributed by atoms with Crippen LogP contribution in [0.1, 0.15) is 61.1 Å². The fourth-order valence-corrected chi connectivity index (χ4v) is 9.21. The summed E-state index contributed by atoms with van der Waals surface area (Å²) in [4.78, 5) is 28.5. The van der Waals surface area contributed by atoms with Gasteiger partial charge in [-0.25, -0.2) is 4.98 Å². The standard InChI is InChI=1S/C45H47Cl3N6O3/c1-29(35-16-13-31(46)25-37(35)48)54-28-49-42(30-9-5-3-6-10-30)44(54)41-36-17-14-32(47)26-38(36)50-43(41)45(55)51-39-27-34(57-24-23-56-2)15-18-40(39)53-21-19-52(20-22-53)33-11-7-4-8-12-33/h3,5-6,9-10,13-18,25-29,33,50H,4,7-8,11-12,19-24H2,1-2H3,(H,51,55). The van der Waals surface area contributed by atoms with Gasteiger partial charge in [0.05, 0.1) is 41.7 Å². The molecule has 8 rings (SSSR count). The van der Waals surface area contributed by atoms with E-state index in [4.69, 9.17) is 49.3 Å². The van der Waals surface area contributed by atoms with Gasteiger partial charge in [-0.3, -0.25) is 9.69 Å². The number of nitrogens with zero attached hydrogens (tertiary/aromatic N) is 4. The molecule has 0 bridgehead atoms. The van der Waals surface area contributed by atoms with Crippen LogP contribution in [0.25, 0.3) is 33.4 Å². The fourth-order valence-electron chi connectivity index (χ4n) is 8.47. The second-order valence-electron chi connectivity index (χ2n) is 14.9. The van der Waals surface area contributed by atoms with E-state index >= 15 is 4.79 Å². The average molecular weight is 826 g/mol. The summed E-state index contributed by atoms with van der Waals surface area (Å²) >= 11 is 19.7. The zero-order valence-electron chi connectivity index (χ0n) is 32.2. The summed E-state index contributed by atoms with van der Waals surface area (Å²) < 4.78 is 13.4. The van der Waals surface area contributed by atoms with Crippen molar-refractivity contribution < 1.29 is 14.3 Å². The van der Waals surface area contributed by atoms with Gasteiger partial charge in [0.25, 0.3) is 5.91 Å². The number of anilines is 2. The Hall–Kier alpha value is -4.51. The van der Waals surface area contributed by atoms with Crippen LogP contribution in [0.15, 0.2) is 91.3 Å². The van der Waals surface area contributed by atoms with Crippen LogP contribution < -0.4 is 15.0 Å². The molecule has 0 radical (unpaired) electrons. The molecule has 1 unspecified atom stereocenters. The quantitative estimate of drug-likeness (QED) is 0.120. The first-order valence-electron chi connectivity index (χ1n) is 19.7. The van der Waals surface area contributed by atoms with E-state index in [0.29, 0.717) is 57.0 Å². The number of ether oxygens (including phenoxy) is 2. The fraction of sp³-hybridized carbons (Fsp3) is 0.333. The third-order valence-electron chi connectivity index (χ3n) is 11.4. The van der Waals surface area contributed by atoms with Gasteiger partial charge in [0, 0.05) is 82.5 Å². The lowest BCUT2D eigenvalue weighted by Gasteiger charge is -2.42. The molecule has 3 heterocycles. The number of imidazole rings is 1. The van der Waals surface area contributed by atoms with Gasteiger partial charge in [-0.2, -0.15) is 0 Å². The number of fused-ring (bicyclic) bond motifs is 1. The predicted molar refractivity (Wildman–Crippen MR) is 233 cm³/mol. The molecule has 0 spiro atoms. The summed E-state index contributed by atoms with van der Waals surface area (Å²) in [7, 11) is 1.65. The number of hydrogen-bond acceptors (Lipinski definition) is 6. The number of halogens is 3. The van der Waals surface area contributed by atoms with E-state index in [-0.39, 0.29) is 11.9 Å². The van der Waals surface area contributed by atoms with Crippen molar-refractivity contribution in [3.8, 4) is 28.3 Å². The SMILES string of the molecule is COCCOc1ccc(N2CCN(C3CCCCC3)CC2)c(NC(=O)c2[nH]c3cc(Cl)ccc3c2-c2c(-c3ccccc3)ncn2C(C)c2ccc(Cl)cc2Cl)c1. The lowest BCUT2D eigenvalue weighted by Crippen LogP contribution is -2.51. The Balaban J connectivity index is 1.21. The number of amides is 1. The molecule has 296 valence electrons. The smallest absolute Gasteiger partial charge is 0.272 e. The average Bonchev–Trinajstić information content (AvgIpc) is 3.83. The number of rotatable bonds is 12. The molecule has 2 fully saturated rings. The third-order valence-corrected chi connectivity index (χ3v) is 12.2. The molecule has 1 atom stereocenters. The van der Waals surface area contributed by atoms with Crippen molar-refractivity contribution >= 4 is 63.0 Å². The van der Waals surface area contributed by atoms with Crippen molar-refractivity contribution in [2.75, 3.05) is 56.7 Å². The molecule has 57 heavy (non-hydrogen) atoms. The maximum absolute atomic E-state index is 15.0. The highest BCUT2D eigenvalue weighted by molar-refractivity contribution is 6.35. The van der Waals surface area contributed by atoms with Crippen LogP contribution in [-0.2, 0) is 4.74 Å². The van der Waals surface area contributed by atoms with E-state index in [1.54, 1.807) is 13.2 Å². The van der Waals surface area contributed by atoms with Crippen LogP contribution >= 0.6 is 34.8 Å². The maximum atomic E-state index is 15.0. The number of carbonyl (C=O) groups excluding carboxylic acids is 1. The monoisotopic (exact) mass is 824 g/mol. The molecule has 1 saturated heterocycles. The van der Waals surface area contributed by atoms with Crippen LogP contribution in [0.5, 0.6) is 5.75 Å². The second kappa shape index (κ2) is 17.5. The van der Waals surface area contributed by atoms with Crippen LogP contribution in [0.2, 0.25) is 15.1 Å². The van der Waals surface area contributed by atoms with E-state index in [1.165, 1.54) is 32.1 Å². The normalized spacial score (nSPS) is 15.9. The molecular formula is C45H47Cl3N6O3. The number of piperazine rings is 1. The summed E-state index contributed by atoms with van der Waals surface area (Å²) in [5, 5.41) is 5.80. The summed E-state index contributed by atoms with van der Waals surface area (Å²) in [6, 6.07) is 27.5. The van der Waals surface area contributed by atoms with Crippen molar-refractivity contribution in [1.82, 2.24) is 19.4 Å². The van der Waals surface area contributed by atoms with Crippen molar-refractivity contribution in [3.63, 3.8) is 0 Å². The van der Waals surface area contributed by atoms with Gasteiger partial charge in [-0.1, -0.05) is 96.5 Å². The number of methoxy groups -OCH3 is 1. The lowest BCUT2D eigenvalue weighted by molar-refractivity contribution is 0.102. The minimum Gasteiger partial charge on any atom is -0.491 e. The number of aromatic nitrogens is 3. The number of H-pyrrole nitrogens is 1. The Bertz CT molecular complexity index is 2350. The Morgan fingerprint density at radius 2 is 1.65 bits per heavy atom. The van der Waals surface area contributed by atoms with Gasteiger partial charge >= 0.3 is 0 Å². The lowest BCUT2D eigenvalue weighted by atomic mass is 9.94. The molecule has 2 N–H and O–H groups in total. The highest BCUT2D eigenvalue weighted by Gasteiger charge is 2.30. The molecule has 6 aromatic rings. The minimum atomic E-state index is -0.308. The number of carbonyl (C=O) groups is 1. The molecule has 1 amide bonds. The summed E-state index contributed by atoms with van der Waals surface area (Å²) in [5.41, 5.74) is 6.67. The largest absolute Gasteiger partial charge is 0.491 e. The molecule has 1 aliphatic heterocycles. The van der Waals surface area contributed by atoms with Crippen molar-refractivity contribution in [2.45, 2.75) is 51.1 Å². The molecule has 1 saturated carbocycles. The van der Waals surface area contributed by atoms with Gasteiger partial charge < -0.3 is 29.2 Å². The number of nitrogens with one attached hydrogen (secondary N) is 2. The van der Waals surface area contributed by atoms with E-state index in [0.717, 1.165) is 65.3 Å². The Morgan fingerprint density at radius 1 is 0.895 bits per heavy atom. The molecule has 1 aliphatic carbocycles. The minimum absolute atomic E-state index is 0.275. The predicted octanol–water partition coefficient (Wildman–Crippen LogP) is 11.0. The Kier molecular flexibility index (Phi) is 12.1. The van der Waals surface area contributed by atoms with Gasteiger partial charge in [0.1, 0.15) is 18.1 Å². The van der Waals surface area contributed by atoms with Gasteiger partial charge in [0.2, 0.25) is 0 Å². The maximum Gasteiger partial charge on any atom is 0.272 e. The third kappa shape index (κ3) is 8.41. The Labute approximate surface area is 348 Å². The zero-order valence-corrected chi connectivity index (χ0v) is 34.5. The Morgan fingerprint density at radius 3 is 2.40 bits per heavy atom. The second-order valence-corrected chi connectivity index (χ2v) is 16.2. The van der Waals surface area contributed by atoms with Gasteiger partial charge in [0.15, 0.2) is 0 Å². The van der Waals surface area contributed by atoms with Crippen molar-refractivity contribution in [1.29, 1.82) is 0 Å². The van der Waals surface area contributed by atoms with E-state index in [1.807, 2.05) is 79.1 Å². The molecule has 9 nitrogen and oxygen atoms in total. The summed E-state index contributed by atoms with van der Waals surface area (Å²) in [5.74, 6) is 0.339. The molecule has 4 aromatic carbocycles. The first kappa shape index (κ1) is 39.3. The zero-order chi connectivity index (χ0) is 39.5. The van der Waals surface area contributed by atoms with Crippen LogP contribution in [0.3, 0.4) is 0 Å². The summed E-state index contributed by atoms with van der Waals surface area (Å²) in [6.45, 7) is 6.60. The van der Waals surface area contributed by atoms with E-state index in [2.05, 4.69) is 37.7 Å². The highest BCUT2D eigenvalue weighted by Crippen LogP contribution is 2.43. The topological polar surface area (TPSA) is 87.7 Å². The first-order chi connectivity index (χ1) is 27.8. The first-order valence-corrected chi connectivity index (χ1v) is 20.9. The van der Waals surface area contributed by atoms with Crippen LogP contribution in [-0.4, -0.2) is 77.9 Å². The van der Waals surface area contributed by atoms with Gasteiger partial charge in [-0.15, -0.1) is 0 Å².